The van der Waals surface area contributed by atoms with E-state index < -0.39 is 5.60 Å². The summed E-state index contributed by atoms with van der Waals surface area (Å²) in [6.45, 7) is 6.89. The minimum absolute atomic E-state index is 0.00117. The van der Waals surface area contributed by atoms with E-state index in [1.165, 1.54) is 6.42 Å². The van der Waals surface area contributed by atoms with E-state index in [0.29, 0.717) is 6.54 Å². The van der Waals surface area contributed by atoms with Gasteiger partial charge < -0.3 is 15.7 Å². The molecule has 0 unspecified atom stereocenters. The van der Waals surface area contributed by atoms with E-state index in [0.717, 1.165) is 32.1 Å². The summed E-state index contributed by atoms with van der Waals surface area (Å²) in [5.74, 6) is 0.00117. The Balaban J connectivity index is 2.22. The van der Waals surface area contributed by atoms with Gasteiger partial charge in [0.1, 0.15) is 0 Å². The predicted octanol–water partition coefficient (Wildman–Crippen LogP) is 1.58. The highest BCUT2D eigenvalue weighted by molar-refractivity contribution is 5.78. The van der Waals surface area contributed by atoms with Gasteiger partial charge in [0, 0.05) is 12.1 Å². The first-order valence-electron chi connectivity index (χ1n) is 7.11. The lowest BCUT2D eigenvalue weighted by atomic mass is 9.85. The van der Waals surface area contributed by atoms with Crippen LogP contribution in [-0.4, -0.2) is 35.2 Å². The molecule has 1 rings (SSSR count). The number of nitrogens with one attached hydrogen (secondary N) is 2. The minimum Gasteiger partial charge on any atom is -0.389 e. The van der Waals surface area contributed by atoms with Crippen LogP contribution >= 0.6 is 0 Å². The van der Waals surface area contributed by atoms with Gasteiger partial charge in [0.05, 0.1) is 12.1 Å². The number of rotatable bonds is 6. The molecule has 0 aliphatic heterocycles. The van der Waals surface area contributed by atoms with E-state index in [1.54, 1.807) is 0 Å². The normalized spacial score (nSPS) is 19.6. The maximum absolute atomic E-state index is 11.7. The third-order valence-corrected chi connectivity index (χ3v) is 3.89. The molecular formula is C14H28N2O2. The van der Waals surface area contributed by atoms with Gasteiger partial charge in [-0.15, -0.1) is 0 Å². The Labute approximate surface area is 111 Å². The van der Waals surface area contributed by atoms with E-state index in [4.69, 9.17) is 0 Å². The lowest BCUT2D eigenvalue weighted by molar-refractivity contribution is -0.122. The second-order valence-corrected chi connectivity index (χ2v) is 6.17. The molecule has 4 heteroatoms. The van der Waals surface area contributed by atoms with Crippen molar-refractivity contribution in [1.82, 2.24) is 10.6 Å². The number of amides is 1. The average Bonchev–Trinajstić information content (AvgIpc) is 2.29. The summed E-state index contributed by atoms with van der Waals surface area (Å²) in [7, 11) is 0. The molecule has 1 saturated carbocycles. The van der Waals surface area contributed by atoms with Crippen molar-refractivity contribution in [3.8, 4) is 0 Å². The summed E-state index contributed by atoms with van der Waals surface area (Å²) in [6.07, 6.45) is 6.00. The van der Waals surface area contributed by atoms with Crippen molar-refractivity contribution in [3.05, 3.63) is 0 Å². The van der Waals surface area contributed by atoms with E-state index in [-0.39, 0.29) is 18.0 Å². The van der Waals surface area contributed by atoms with E-state index in [9.17, 15) is 9.90 Å². The molecular weight excluding hydrogens is 228 g/mol. The topological polar surface area (TPSA) is 61.4 Å². The van der Waals surface area contributed by atoms with Crippen LogP contribution in [0.4, 0.5) is 0 Å². The molecule has 3 N–H and O–H groups in total. The SMILES string of the molecule is CCC(C)(C)NC(=O)CNCC1(O)CCCCC1. The Bertz CT molecular complexity index is 271. The molecule has 1 aliphatic carbocycles. The zero-order chi connectivity index (χ0) is 13.6. The summed E-state index contributed by atoms with van der Waals surface area (Å²) in [6, 6.07) is 0. The monoisotopic (exact) mass is 256 g/mol. The number of hydrogen-bond donors (Lipinski definition) is 3. The first kappa shape index (κ1) is 15.4. The molecule has 0 aromatic carbocycles. The lowest BCUT2D eigenvalue weighted by Crippen LogP contribution is -2.49. The zero-order valence-electron chi connectivity index (χ0n) is 12.0. The second kappa shape index (κ2) is 6.53. The fraction of sp³-hybridized carbons (Fsp3) is 0.929. The smallest absolute Gasteiger partial charge is 0.234 e. The molecule has 1 amide bonds. The van der Waals surface area contributed by atoms with Crippen LogP contribution in [0.2, 0.25) is 0 Å². The highest BCUT2D eigenvalue weighted by Gasteiger charge is 2.28. The van der Waals surface area contributed by atoms with Gasteiger partial charge in [0.25, 0.3) is 0 Å². The maximum Gasteiger partial charge on any atom is 0.234 e. The molecule has 1 aliphatic rings. The minimum atomic E-state index is -0.598. The summed E-state index contributed by atoms with van der Waals surface area (Å²) in [5.41, 5.74) is -0.751. The van der Waals surface area contributed by atoms with Crippen molar-refractivity contribution in [3.63, 3.8) is 0 Å². The molecule has 0 heterocycles. The number of aliphatic hydroxyl groups is 1. The first-order chi connectivity index (χ1) is 8.37. The fourth-order valence-electron chi connectivity index (χ4n) is 2.31. The van der Waals surface area contributed by atoms with Gasteiger partial charge in [0.2, 0.25) is 5.91 Å². The standard InChI is InChI=1S/C14H28N2O2/c1-4-13(2,3)16-12(17)10-15-11-14(18)8-6-5-7-9-14/h15,18H,4-11H2,1-3H3,(H,16,17). The molecule has 0 aromatic rings. The van der Waals surface area contributed by atoms with Gasteiger partial charge in [-0.3, -0.25) is 4.79 Å². The molecule has 106 valence electrons. The summed E-state index contributed by atoms with van der Waals surface area (Å²) in [4.78, 5) is 11.7. The lowest BCUT2D eigenvalue weighted by Gasteiger charge is -2.32. The fourth-order valence-corrected chi connectivity index (χ4v) is 2.31. The van der Waals surface area contributed by atoms with Crippen molar-refractivity contribution in [2.24, 2.45) is 0 Å². The van der Waals surface area contributed by atoms with E-state index in [1.807, 2.05) is 13.8 Å². The van der Waals surface area contributed by atoms with Gasteiger partial charge in [-0.05, 0) is 33.1 Å². The van der Waals surface area contributed by atoms with Crippen LogP contribution in [-0.2, 0) is 4.79 Å². The second-order valence-electron chi connectivity index (χ2n) is 6.17. The largest absolute Gasteiger partial charge is 0.389 e. The van der Waals surface area contributed by atoms with Crippen LogP contribution in [0.1, 0.15) is 59.3 Å². The van der Waals surface area contributed by atoms with E-state index in [2.05, 4.69) is 17.6 Å². The van der Waals surface area contributed by atoms with Crippen LogP contribution in [0.5, 0.6) is 0 Å². The van der Waals surface area contributed by atoms with Gasteiger partial charge in [-0.2, -0.15) is 0 Å². The van der Waals surface area contributed by atoms with Crippen LogP contribution in [0, 0.1) is 0 Å². The summed E-state index contributed by atoms with van der Waals surface area (Å²) >= 11 is 0. The highest BCUT2D eigenvalue weighted by Crippen LogP contribution is 2.27. The number of hydrogen-bond acceptors (Lipinski definition) is 3. The number of carbonyl (C=O) groups excluding carboxylic acids is 1. The average molecular weight is 256 g/mol. The van der Waals surface area contributed by atoms with Crippen LogP contribution in [0.15, 0.2) is 0 Å². The van der Waals surface area contributed by atoms with Crippen LogP contribution in [0.25, 0.3) is 0 Å². The van der Waals surface area contributed by atoms with Crippen molar-refractivity contribution < 1.29 is 9.90 Å². The van der Waals surface area contributed by atoms with Gasteiger partial charge in [-0.1, -0.05) is 26.2 Å². The molecule has 0 aromatic heterocycles. The van der Waals surface area contributed by atoms with Crippen molar-refractivity contribution >= 4 is 5.91 Å². The predicted molar refractivity (Wildman–Crippen MR) is 73.4 cm³/mol. The van der Waals surface area contributed by atoms with Gasteiger partial charge >= 0.3 is 0 Å². The molecule has 0 spiro atoms. The zero-order valence-corrected chi connectivity index (χ0v) is 12.0. The van der Waals surface area contributed by atoms with Crippen molar-refractivity contribution in [2.45, 2.75) is 70.4 Å². The highest BCUT2D eigenvalue weighted by atomic mass is 16.3. The molecule has 4 nitrogen and oxygen atoms in total. The van der Waals surface area contributed by atoms with Crippen molar-refractivity contribution in [1.29, 1.82) is 0 Å². The van der Waals surface area contributed by atoms with Gasteiger partial charge in [-0.25, -0.2) is 0 Å². The molecule has 0 saturated heterocycles. The first-order valence-corrected chi connectivity index (χ1v) is 7.11. The van der Waals surface area contributed by atoms with Crippen LogP contribution < -0.4 is 10.6 Å². The Morgan fingerprint density at radius 3 is 2.44 bits per heavy atom. The van der Waals surface area contributed by atoms with Crippen molar-refractivity contribution in [2.75, 3.05) is 13.1 Å². The number of carbonyl (C=O) groups is 1. The quantitative estimate of drug-likeness (QED) is 0.676. The molecule has 0 bridgehead atoms. The third kappa shape index (κ3) is 5.36. The van der Waals surface area contributed by atoms with Crippen LogP contribution in [0.3, 0.4) is 0 Å². The Morgan fingerprint density at radius 1 is 1.28 bits per heavy atom. The Kier molecular flexibility index (Phi) is 5.60. The summed E-state index contributed by atoms with van der Waals surface area (Å²) in [5, 5.41) is 16.3. The maximum atomic E-state index is 11.7. The molecule has 0 radical (unpaired) electrons. The molecule has 0 atom stereocenters. The molecule has 1 fully saturated rings. The molecule has 18 heavy (non-hydrogen) atoms. The summed E-state index contributed by atoms with van der Waals surface area (Å²) < 4.78 is 0. The Morgan fingerprint density at radius 2 is 1.89 bits per heavy atom. The Hall–Kier alpha value is -0.610. The third-order valence-electron chi connectivity index (χ3n) is 3.89. The van der Waals surface area contributed by atoms with Gasteiger partial charge in [0.15, 0.2) is 0 Å². The van der Waals surface area contributed by atoms with E-state index >= 15 is 0 Å².